The number of nitrogen functional groups attached to an aromatic ring is 1. The molecule has 0 bridgehead atoms. The van der Waals surface area contributed by atoms with Crippen molar-refractivity contribution in [1.82, 2.24) is 24.9 Å². The summed E-state index contributed by atoms with van der Waals surface area (Å²) in [5, 5.41) is 4.11. The highest BCUT2D eigenvalue weighted by molar-refractivity contribution is 7.16. The normalized spacial score (nSPS) is 15.1. The standard InChI is InChI=1S/C17H16N8S/c18-13-2-1-11-14(23-13)19-9-20-15(11)24-4-6-25(7-5-24)16-12-3-8-26-17(12)22-10-21-16/h1-3,8-10H,4-7H2,(H2,18,19,20,23). The van der Waals surface area contributed by atoms with E-state index in [2.05, 4.69) is 46.2 Å². The van der Waals surface area contributed by atoms with Crippen molar-refractivity contribution in [2.45, 2.75) is 0 Å². The number of fused-ring (bicyclic) bond motifs is 2. The Labute approximate surface area is 153 Å². The summed E-state index contributed by atoms with van der Waals surface area (Å²) < 4.78 is 0. The minimum absolute atomic E-state index is 0.468. The molecule has 0 saturated carbocycles. The van der Waals surface area contributed by atoms with Crippen molar-refractivity contribution in [3.05, 3.63) is 36.2 Å². The molecule has 8 nitrogen and oxygen atoms in total. The van der Waals surface area contributed by atoms with Gasteiger partial charge < -0.3 is 15.5 Å². The lowest BCUT2D eigenvalue weighted by Crippen LogP contribution is -2.47. The second-order valence-corrected chi connectivity index (χ2v) is 7.01. The molecule has 0 aromatic carbocycles. The minimum atomic E-state index is 0.468. The molecular weight excluding hydrogens is 348 g/mol. The highest BCUT2D eigenvalue weighted by Crippen LogP contribution is 2.29. The van der Waals surface area contributed by atoms with Gasteiger partial charge in [-0.2, -0.15) is 0 Å². The topological polar surface area (TPSA) is 97.0 Å². The van der Waals surface area contributed by atoms with E-state index >= 15 is 0 Å². The summed E-state index contributed by atoms with van der Waals surface area (Å²) >= 11 is 1.64. The molecule has 0 aliphatic carbocycles. The Kier molecular flexibility index (Phi) is 3.52. The number of nitrogens with two attached hydrogens (primary N) is 1. The molecule has 1 saturated heterocycles. The van der Waals surface area contributed by atoms with E-state index in [1.165, 1.54) is 0 Å². The number of hydrogen-bond acceptors (Lipinski definition) is 9. The van der Waals surface area contributed by atoms with Gasteiger partial charge in [0.2, 0.25) is 0 Å². The van der Waals surface area contributed by atoms with Crippen LogP contribution in [0, 0.1) is 0 Å². The van der Waals surface area contributed by atoms with Crippen LogP contribution < -0.4 is 15.5 Å². The third-order valence-corrected chi connectivity index (χ3v) is 5.44. The van der Waals surface area contributed by atoms with Gasteiger partial charge in [-0.3, -0.25) is 0 Å². The van der Waals surface area contributed by atoms with Crippen LogP contribution in [0.3, 0.4) is 0 Å². The predicted molar refractivity (Wildman–Crippen MR) is 104 cm³/mol. The molecule has 4 aromatic heterocycles. The monoisotopic (exact) mass is 364 g/mol. The van der Waals surface area contributed by atoms with Crippen LogP contribution in [-0.2, 0) is 0 Å². The number of aromatic nitrogens is 5. The average Bonchev–Trinajstić information content (AvgIpc) is 3.16. The molecular formula is C17H16N8S. The minimum Gasteiger partial charge on any atom is -0.384 e. The zero-order valence-electron chi connectivity index (χ0n) is 13.9. The predicted octanol–water partition coefficient (Wildman–Crippen LogP) is 1.94. The fourth-order valence-corrected chi connectivity index (χ4v) is 4.08. The second-order valence-electron chi connectivity index (χ2n) is 6.12. The fraction of sp³-hybridized carbons (Fsp3) is 0.235. The van der Waals surface area contributed by atoms with E-state index < -0.39 is 0 Å². The van der Waals surface area contributed by atoms with E-state index in [-0.39, 0.29) is 0 Å². The molecule has 0 spiro atoms. The number of pyridine rings is 1. The molecule has 130 valence electrons. The van der Waals surface area contributed by atoms with Crippen LogP contribution in [0.25, 0.3) is 21.3 Å². The van der Waals surface area contributed by atoms with Crippen molar-refractivity contribution >= 4 is 50.0 Å². The van der Waals surface area contributed by atoms with Crippen molar-refractivity contribution < 1.29 is 0 Å². The van der Waals surface area contributed by atoms with Gasteiger partial charge >= 0.3 is 0 Å². The summed E-state index contributed by atoms with van der Waals surface area (Å²) in [6.07, 6.45) is 3.20. The van der Waals surface area contributed by atoms with Crippen LogP contribution in [0.4, 0.5) is 17.5 Å². The summed E-state index contributed by atoms with van der Waals surface area (Å²) in [4.78, 5) is 27.5. The molecule has 0 amide bonds. The van der Waals surface area contributed by atoms with Crippen LogP contribution >= 0.6 is 11.3 Å². The average molecular weight is 364 g/mol. The molecule has 0 atom stereocenters. The molecule has 1 aliphatic heterocycles. The van der Waals surface area contributed by atoms with Crippen LogP contribution in [0.15, 0.2) is 36.2 Å². The van der Waals surface area contributed by atoms with E-state index in [1.54, 1.807) is 30.1 Å². The van der Waals surface area contributed by atoms with Crippen molar-refractivity contribution in [3.63, 3.8) is 0 Å². The first-order valence-electron chi connectivity index (χ1n) is 8.35. The highest BCUT2D eigenvalue weighted by Gasteiger charge is 2.22. The largest absolute Gasteiger partial charge is 0.384 e. The summed E-state index contributed by atoms with van der Waals surface area (Å²) in [5.41, 5.74) is 6.40. The summed E-state index contributed by atoms with van der Waals surface area (Å²) in [5.74, 6) is 2.39. The zero-order chi connectivity index (χ0) is 17.5. The molecule has 5 rings (SSSR count). The SMILES string of the molecule is Nc1ccc2c(N3CCN(c4ncnc5sccc45)CC3)ncnc2n1. The van der Waals surface area contributed by atoms with Crippen molar-refractivity contribution in [2.75, 3.05) is 41.7 Å². The van der Waals surface area contributed by atoms with E-state index in [1.807, 2.05) is 6.07 Å². The number of hydrogen-bond donors (Lipinski definition) is 1. The van der Waals surface area contributed by atoms with Gasteiger partial charge in [0.1, 0.15) is 34.9 Å². The Morgan fingerprint density at radius 3 is 2.27 bits per heavy atom. The van der Waals surface area contributed by atoms with Crippen LogP contribution in [-0.4, -0.2) is 51.1 Å². The molecule has 9 heteroatoms. The number of piperazine rings is 1. The van der Waals surface area contributed by atoms with Crippen LogP contribution in [0.1, 0.15) is 0 Å². The Hall–Kier alpha value is -3.07. The molecule has 0 radical (unpaired) electrons. The van der Waals surface area contributed by atoms with Gasteiger partial charge in [-0.1, -0.05) is 0 Å². The summed E-state index contributed by atoms with van der Waals surface area (Å²) in [7, 11) is 0. The van der Waals surface area contributed by atoms with Gasteiger partial charge in [0.25, 0.3) is 0 Å². The smallest absolute Gasteiger partial charge is 0.166 e. The first-order chi connectivity index (χ1) is 12.8. The molecule has 1 aliphatic rings. The molecule has 0 unspecified atom stereocenters. The van der Waals surface area contributed by atoms with Crippen LogP contribution in [0.5, 0.6) is 0 Å². The number of thiophene rings is 1. The van der Waals surface area contributed by atoms with E-state index in [4.69, 9.17) is 5.73 Å². The summed E-state index contributed by atoms with van der Waals surface area (Å²) in [6, 6.07) is 5.83. The third-order valence-electron chi connectivity index (χ3n) is 4.62. The number of anilines is 3. The van der Waals surface area contributed by atoms with E-state index in [0.29, 0.717) is 11.5 Å². The van der Waals surface area contributed by atoms with Gasteiger partial charge in [0.15, 0.2) is 5.65 Å². The lowest BCUT2D eigenvalue weighted by atomic mass is 10.2. The quantitative estimate of drug-likeness (QED) is 0.576. The Balaban J connectivity index is 1.42. The number of rotatable bonds is 2. The third kappa shape index (κ3) is 2.48. The Bertz CT molecular complexity index is 1090. The maximum Gasteiger partial charge on any atom is 0.166 e. The van der Waals surface area contributed by atoms with Gasteiger partial charge in [-0.05, 0) is 23.6 Å². The number of nitrogens with zero attached hydrogens (tertiary/aromatic N) is 7. The van der Waals surface area contributed by atoms with Gasteiger partial charge in [0, 0.05) is 26.2 Å². The first kappa shape index (κ1) is 15.2. The maximum atomic E-state index is 5.77. The lowest BCUT2D eigenvalue weighted by Gasteiger charge is -2.36. The van der Waals surface area contributed by atoms with E-state index in [9.17, 15) is 0 Å². The van der Waals surface area contributed by atoms with E-state index in [0.717, 1.165) is 53.4 Å². The molecule has 2 N–H and O–H groups in total. The Morgan fingerprint density at radius 2 is 1.50 bits per heavy atom. The van der Waals surface area contributed by atoms with Gasteiger partial charge in [-0.25, -0.2) is 24.9 Å². The van der Waals surface area contributed by atoms with Crippen molar-refractivity contribution in [1.29, 1.82) is 0 Å². The van der Waals surface area contributed by atoms with Gasteiger partial charge in [-0.15, -0.1) is 11.3 Å². The Morgan fingerprint density at radius 1 is 0.808 bits per heavy atom. The molecule has 1 fully saturated rings. The molecule has 26 heavy (non-hydrogen) atoms. The van der Waals surface area contributed by atoms with Crippen molar-refractivity contribution in [2.24, 2.45) is 0 Å². The molecule has 5 heterocycles. The maximum absolute atomic E-state index is 5.77. The first-order valence-corrected chi connectivity index (χ1v) is 9.23. The zero-order valence-corrected chi connectivity index (χ0v) is 14.7. The lowest BCUT2D eigenvalue weighted by molar-refractivity contribution is 0.644. The molecule has 4 aromatic rings. The fourth-order valence-electron chi connectivity index (χ4n) is 3.35. The summed E-state index contributed by atoms with van der Waals surface area (Å²) in [6.45, 7) is 3.45. The van der Waals surface area contributed by atoms with Crippen LogP contribution in [0.2, 0.25) is 0 Å². The highest BCUT2D eigenvalue weighted by atomic mass is 32.1. The van der Waals surface area contributed by atoms with Gasteiger partial charge in [0.05, 0.1) is 10.8 Å². The second kappa shape index (κ2) is 6.03. The van der Waals surface area contributed by atoms with Crippen molar-refractivity contribution in [3.8, 4) is 0 Å².